The average molecular weight is 344 g/mol. The lowest BCUT2D eigenvalue weighted by Crippen LogP contribution is -2.17. The molecule has 2 heterocycles. The molecule has 3 aromatic rings. The molecule has 0 saturated carbocycles. The van der Waals surface area contributed by atoms with Crippen molar-refractivity contribution < 1.29 is 9.53 Å². The van der Waals surface area contributed by atoms with Gasteiger partial charge in [0.1, 0.15) is 17.0 Å². The van der Waals surface area contributed by atoms with Crippen LogP contribution in [0.25, 0.3) is 10.2 Å². The second-order valence-electron chi connectivity index (χ2n) is 5.88. The Bertz CT molecular complexity index is 978. The van der Waals surface area contributed by atoms with Crippen molar-refractivity contribution in [1.29, 1.82) is 0 Å². The second-order valence-corrected chi connectivity index (χ2v) is 6.89. The summed E-state index contributed by atoms with van der Waals surface area (Å²) >= 11 is 1.46. The minimum absolute atomic E-state index is 0.101. The van der Waals surface area contributed by atoms with Crippen LogP contribution in [0.3, 0.4) is 0 Å². The number of nitrogens with zero attached hydrogens (tertiary/aromatic N) is 4. The molecule has 0 spiro atoms. The zero-order chi connectivity index (χ0) is 17.4. The fraction of sp³-hybridized carbons (Fsp3) is 0.353. The maximum atomic E-state index is 12.7. The Labute approximate surface area is 144 Å². The number of amides is 1. The number of carbonyl (C=O) groups excluding carboxylic acids is 1. The van der Waals surface area contributed by atoms with Gasteiger partial charge in [-0.25, -0.2) is 0 Å². The maximum absolute atomic E-state index is 12.7. The van der Waals surface area contributed by atoms with Crippen molar-refractivity contribution in [3.8, 4) is 5.75 Å². The van der Waals surface area contributed by atoms with Crippen molar-refractivity contribution >= 4 is 27.5 Å². The van der Waals surface area contributed by atoms with Crippen LogP contribution in [0.2, 0.25) is 0 Å². The predicted octanol–water partition coefficient (Wildman–Crippen LogP) is 3.08. The van der Waals surface area contributed by atoms with Crippen molar-refractivity contribution in [2.75, 3.05) is 7.11 Å². The molecule has 1 aromatic carbocycles. The quantitative estimate of drug-likeness (QED) is 0.733. The number of ether oxygens (including phenoxy) is 1. The third-order valence-corrected chi connectivity index (χ3v) is 4.87. The number of benzene rings is 1. The number of para-hydroxylation sites is 1. The third kappa shape index (κ3) is 2.75. The minimum atomic E-state index is -0.287. The van der Waals surface area contributed by atoms with Crippen molar-refractivity contribution in [2.24, 2.45) is 12.0 Å². The Morgan fingerprint density at radius 2 is 2.12 bits per heavy atom. The molecule has 0 atom stereocenters. The van der Waals surface area contributed by atoms with Crippen LogP contribution in [-0.4, -0.2) is 27.4 Å². The first-order valence-electron chi connectivity index (χ1n) is 7.70. The van der Waals surface area contributed by atoms with E-state index in [1.54, 1.807) is 17.9 Å². The summed E-state index contributed by atoms with van der Waals surface area (Å²) in [4.78, 5) is 17.6. The molecule has 0 aliphatic carbocycles. The van der Waals surface area contributed by atoms with Gasteiger partial charge in [0, 0.05) is 13.1 Å². The lowest BCUT2D eigenvalue weighted by molar-refractivity contribution is 0.0986. The minimum Gasteiger partial charge on any atom is -0.495 e. The van der Waals surface area contributed by atoms with Gasteiger partial charge < -0.3 is 9.30 Å². The molecule has 2 aromatic heterocycles. The summed E-state index contributed by atoms with van der Waals surface area (Å²) in [7, 11) is 3.52. The molecule has 6 nitrogen and oxygen atoms in total. The number of hydrogen-bond acceptors (Lipinski definition) is 4. The molecule has 0 radical (unpaired) electrons. The summed E-state index contributed by atoms with van der Waals surface area (Å²) in [5, 5.41) is 4.38. The lowest BCUT2D eigenvalue weighted by atomic mass is 10.3. The smallest absolute Gasteiger partial charge is 0.297 e. The van der Waals surface area contributed by atoms with Crippen LogP contribution in [0.5, 0.6) is 5.75 Å². The standard InChI is InChI=1S/C17H20N4O2S/c1-10(2)21-12(9-11(3)19-21)16(22)18-17-20(4)15-13(23-5)7-6-8-14(15)24-17/h6-10H,1-5H3. The molecule has 126 valence electrons. The van der Waals surface area contributed by atoms with E-state index in [1.807, 2.05) is 50.6 Å². The number of fused-ring (bicyclic) bond motifs is 1. The fourth-order valence-electron chi connectivity index (χ4n) is 2.65. The summed E-state index contributed by atoms with van der Waals surface area (Å²) in [5.41, 5.74) is 2.25. The number of hydrogen-bond donors (Lipinski definition) is 0. The van der Waals surface area contributed by atoms with Gasteiger partial charge in [-0.3, -0.25) is 9.48 Å². The lowest BCUT2D eigenvalue weighted by Gasteiger charge is -2.07. The summed E-state index contributed by atoms with van der Waals surface area (Å²) in [6, 6.07) is 7.70. The molecule has 3 rings (SSSR count). The second kappa shape index (κ2) is 6.24. The zero-order valence-corrected chi connectivity index (χ0v) is 15.2. The fourth-order valence-corrected chi connectivity index (χ4v) is 3.69. The van der Waals surface area contributed by atoms with Crippen molar-refractivity contribution in [3.63, 3.8) is 0 Å². The average Bonchev–Trinajstić information content (AvgIpc) is 3.08. The monoisotopic (exact) mass is 344 g/mol. The molecule has 24 heavy (non-hydrogen) atoms. The molecular formula is C17H20N4O2S. The van der Waals surface area contributed by atoms with E-state index in [1.165, 1.54) is 11.3 Å². The van der Waals surface area contributed by atoms with Gasteiger partial charge in [0.2, 0.25) is 0 Å². The predicted molar refractivity (Wildman–Crippen MR) is 94.6 cm³/mol. The van der Waals surface area contributed by atoms with E-state index < -0.39 is 0 Å². The van der Waals surface area contributed by atoms with E-state index in [-0.39, 0.29) is 11.9 Å². The Kier molecular flexibility index (Phi) is 4.28. The zero-order valence-electron chi connectivity index (χ0n) is 14.4. The molecule has 0 N–H and O–H groups in total. The Morgan fingerprint density at radius 1 is 1.38 bits per heavy atom. The first kappa shape index (κ1) is 16.4. The molecule has 0 saturated heterocycles. The van der Waals surface area contributed by atoms with Crippen molar-refractivity contribution in [2.45, 2.75) is 26.8 Å². The molecule has 7 heteroatoms. The molecule has 0 unspecified atom stereocenters. The normalized spacial score (nSPS) is 12.3. The highest BCUT2D eigenvalue weighted by atomic mass is 32.1. The van der Waals surface area contributed by atoms with E-state index in [2.05, 4.69) is 10.1 Å². The summed E-state index contributed by atoms with van der Waals surface area (Å²) < 4.78 is 10.0. The van der Waals surface area contributed by atoms with E-state index in [0.717, 1.165) is 21.7 Å². The van der Waals surface area contributed by atoms with Crippen LogP contribution in [0.1, 0.15) is 36.1 Å². The van der Waals surface area contributed by atoms with Crippen LogP contribution in [0, 0.1) is 6.92 Å². The molecular weight excluding hydrogens is 324 g/mol. The van der Waals surface area contributed by atoms with Crippen molar-refractivity contribution in [1.82, 2.24) is 14.3 Å². The SMILES string of the molecule is COc1cccc2sc(=NC(=O)c3cc(C)nn3C(C)C)n(C)c12. The number of methoxy groups -OCH3 is 1. The number of rotatable bonds is 3. The topological polar surface area (TPSA) is 61.4 Å². The Morgan fingerprint density at radius 3 is 2.79 bits per heavy atom. The highest BCUT2D eigenvalue weighted by molar-refractivity contribution is 7.16. The first-order valence-corrected chi connectivity index (χ1v) is 8.51. The van der Waals surface area contributed by atoms with E-state index in [4.69, 9.17) is 4.74 Å². The largest absolute Gasteiger partial charge is 0.495 e. The summed E-state index contributed by atoms with van der Waals surface area (Å²) in [5.74, 6) is 0.480. The van der Waals surface area contributed by atoms with Gasteiger partial charge in [-0.1, -0.05) is 17.4 Å². The van der Waals surface area contributed by atoms with E-state index in [9.17, 15) is 4.79 Å². The van der Waals surface area contributed by atoms with Crippen LogP contribution in [0.15, 0.2) is 29.3 Å². The van der Waals surface area contributed by atoms with Crippen LogP contribution in [0.4, 0.5) is 0 Å². The highest BCUT2D eigenvalue weighted by Gasteiger charge is 2.16. The van der Waals surface area contributed by atoms with Gasteiger partial charge in [0.15, 0.2) is 4.80 Å². The van der Waals surface area contributed by atoms with E-state index >= 15 is 0 Å². The third-order valence-electron chi connectivity index (χ3n) is 3.77. The van der Waals surface area contributed by atoms with Crippen LogP contribution < -0.4 is 9.54 Å². The molecule has 0 aliphatic heterocycles. The summed E-state index contributed by atoms with van der Waals surface area (Å²) in [6.45, 7) is 5.86. The Balaban J connectivity index is 2.14. The number of carbonyl (C=O) groups is 1. The van der Waals surface area contributed by atoms with Gasteiger partial charge >= 0.3 is 0 Å². The first-order chi connectivity index (χ1) is 11.4. The van der Waals surface area contributed by atoms with Crippen LogP contribution >= 0.6 is 11.3 Å². The molecule has 0 fully saturated rings. The van der Waals surface area contributed by atoms with Crippen LogP contribution in [-0.2, 0) is 7.05 Å². The van der Waals surface area contributed by atoms with Gasteiger partial charge in [-0.2, -0.15) is 10.1 Å². The number of thiazole rings is 1. The Hall–Kier alpha value is -2.41. The van der Waals surface area contributed by atoms with Gasteiger partial charge in [-0.15, -0.1) is 0 Å². The molecule has 0 bridgehead atoms. The maximum Gasteiger partial charge on any atom is 0.297 e. The van der Waals surface area contributed by atoms with Gasteiger partial charge in [-0.05, 0) is 39.0 Å². The van der Waals surface area contributed by atoms with Crippen molar-refractivity contribution in [3.05, 3.63) is 40.5 Å². The number of aromatic nitrogens is 3. The molecule has 0 aliphatic rings. The van der Waals surface area contributed by atoms with Gasteiger partial charge in [0.25, 0.3) is 5.91 Å². The van der Waals surface area contributed by atoms with Gasteiger partial charge in [0.05, 0.1) is 17.5 Å². The highest BCUT2D eigenvalue weighted by Crippen LogP contribution is 2.26. The van der Waals surface area contributed by atoms with E-state index in [0.29, 0.717) is 10.5 Å². The molecule has 1 amide bonds. The number of aryl methyl sites for hydroxylation is 2. The summed E-state index contributed by atoms with van der Waals surface area (Å²) in [6.07, 6.45) is 0.